The minimum atomic E-state index is -0.867. The molecule has 1 spiro atoms. The maximum Gasteiger partial charge on any atom is 0.329 e. The normalized spacial score (nSPS) is 15.6. The molecule has 222 valence electrons. The first-order valence-electron chi connectivity index (χ1n) is 13.8. The van der Waals surface area contributed by atoms with Crippen LogP contribution < -0.4 is 20.7 Å². The number of hydrogen-bond donors (Lipinski definition) is 3. The summed E-state index contributed by atoms with van der Waals surface area (Å²) in [6, 6.07) is 9.57. The molecule has 2 fully saturated rings. The summed E-state index contributed by atoms with van der Waals surface area (Å²) in [7, 11) is 0. The Bertz CT molecular complexity index is 2030. The Morgan fingerprint density at radius 2 is 1.75 bits per heavy atom. The molecule has 44 heavy (non-hydrogen) atoms. The van der Waals surface area contributed by atoms with E-state index < -0.39 is 34.7 Å². The Labute approximate surface area is 248 Å². The number of ether oxygens (including phenoxy) is 1. The highest BCUT2D eigenvalue weighted by Crippen LogP contribution is 2.40. The van der Waals surface area contributed by atoms with Crippen LogP contribution in [0.2, 0.25) is 0 Å². The Morgan fingerprint density at radius 3 is 2.41 bits per heavy atom. The van der Waals surface area contributed by atoms with Crippen LogP contribution >= 0.6 is 0 Å². The van der Waals surface area contributed by atoms with Crippen molar-refractivity contribution in [1.29, 1.82) is 0 Å². The lowest BCUT2D eigenvalue weighted by Gasteiger charge is -2.34. The van der Waals surface area contributed by atoms with Crippen LogP contribution in [0, 0.1) is 25.5 Å². The van der Waals surface area contributed by atoms with E-state index in [0.29, 0.717) is 46.2 Å². The maximum atomic E-state index is 14.0. The van der Waals surface area contributed by atoms with Crippen molar-refractivity contribution in [3.05, 3.63) is 88.9 Å². The summed E-state index contributed by atoms with van der Waals surface area (Å²) in [4.78, 5) is 47.8. The van der Waals surface area contributed by atoms with E-state index in [1.165, 1.54) is 34.1 Å². The van der Waals surface area contributed by atoms with Crippen LogP contribution in [0.4, 0.5) is 25.1 Å². The molecule has 1 aliphatic carbocycles. The lowest BCUT2D eigenvalue weighted by atomic mass is 9.77. The number of benzene rings is 2. The largest absolute Gasteiger partial charge is 0.433 e. The summed E-state index contributed by atoms with van der Waals surface area (Å²) in [6.07, 6.45) is 4.83. The molecule has 11 nitrogen and oxygen atoms in total. The quantitative estimate of drug-likeness (QED) is 0.179. The molecule has 5 aromatic rings. The Hall–Kier alpha value is -5.59. The van der Waals surface area contributed by atoms with Gasteiger partial charge in [-0.1, -0.05) is 6.07 Å². The van der Waals surface area contributed by atoms with Gasteiger partial charge in [0.2, 0.25) is 17.4 Å². The van der Waals surface area contributed by atoms with Crippen LogP contribution in [0.25, 0.3) is 16.6 Å². The summed E-state index contributed by atoms with van der Waals surface area (Å²) < 4.78 is 34.7. The number of amides is 3. The highest BCUT2D eigenvalue weighted by atomic mass is 19.1. The third-order valence-electron chi connectivity index (χ3n) is 8.25. The van der Waals surface area contributed by atoms with Gasteiger partial charge in [-0.2, -0.15) is 5.10 Å². The Balaban J connectivity index is 1.16. The number of aromatic amines is 1. The molecule has 13 heteroatoms. The van der Waals surface area contributed by atoms with Crippen molar-refractivity contribution >= 4 is 40.1 Å². The molecule has 4 heterocycles. The highest BCUT2D eigenvalue weighted by molar-refractivity contribution is 6.24. The number of aromatic nitrogens is 4. The number of ketones is 1. The molecule has 0 radical (unpaired) electrons. The van der Waals surface area contributed by atoms with Crippen LogP contribution in [-0.2, 0) is 4.79 Å². The molecular formula is C31H25F2N7O4. The molecule has 1 saturated carbocycles. The molecule has 3 amide bonds. The molecule has 2 aromatic carbocycles. The summed E-state index contributed by atoms with van der Waals surface area (Å²) >= 11 is 0. The number of nitrogens with two attached hydrogens (primary N) is 1. The van der Waals surface area contributed by atoms with Crippen LogP contribution in [0.15, 0.2) is 54.9 Å². The molecule has 1 aliphatic heterocycles. The number of rotatable bonds is 6. The molecule has 0 atom stereocenters. The first kappa shape index (κ1) is 27.3. The van der Waals surface area contributed by atoms with E-state index in [-0.39, 0.29) is 28.9 Å². The van der Waals surface area contributed by atoms with E-state index in [9.17, 15) is 23.2 Å². The van der Waals surface area contributed by atoms with E-state index in [2.05, 4.69) is 20.4 Å². The van der Waals surface area contributed by atoms with Gasteiger partial charge in [0.15, 0.2) is 11.6 Å². The predicted octanol–water partition coefficient (Wildman–Crippen LogP) is 5.23. The van der Waals surface area contributed by atoms with Crippen molar-refractivity contribution in [3.63, 3.8) is 0 Å². The zero-order valence-electron chi connectivity index (χ0n) is 23.6. The number of para-hydroxylation sites is 1. The van der Waals surface area contributed by atoms with Crippen LogP contribution in [0.5, 0.6) is 11.6 Å². The fourth-order valence-corrected chi connectivity index (χ4v) is 5.71. The van der Waals surface area contributed by atoms with Gasteiger partial charge in [-0.15, -0.1) is 0 Å². The van der Waals surface area contributed by atoms with Gasteiger partial charge in [0.05, 0.1) is 35.0 Å². The van der Waals surface area contributed by atoms with Crippen LogP contribution in [0.3, 0.4) is 0 Å². The molecule has 4 N–H and O–H groups in total. The number of urea groups is 1. The molecule has 0 bridgehead atoms. The average Bonchev–Trinajstić information content (AvgIpc) is 3.63. The maximum absolute atomic E-state index is 14.0. The number of aryl methyl sites for hydroxylation is 2. The van der Waals surface area contributed by atoms with E-state index in [0.717, 1.165) is 18.6 Å². The van der Waals surface area contributed by atoms with Crippen molar-refractivity contribution < 1.29 is 27.9 Å². The van der Waals surface area contributed by atoms with Crippen LogP contribution in [-0.4, -0.2) is 43.0 Å². The lowest BCUT2D eigenvalue weighted by molar-refractivity contribution is -0.124. The van der Waals surface area contributed by atoms with E-state index >= 15 is 0 Å². The summed E-state index contributed by atoms with van der Waals surface area (Å²) in [5.74, 6) is -2.98. The molecule has 3 aromatic heterocycles. The number of H-pyrrole nitrogens is 1. The molecular weight excluding hydrogens is 572 g/mol. The number of carbonyl (C=O) groups excluding carboxylic acids is 3. The van der Waals surface area contributed by atoms with Crippen molar-refractivity contribution in [2.45, 2.75) is 38.6 Å². The van der Waals surface area contributed by atoms with E-state index in [1.54, 1.807) is 26.0 Å². The number of hydrogen-bond acceptors (Lipinski definition) is 7. The van der Waals surface area contributed by atoms with Gasteiger partial charge >= 0.3 is 6.03 Å². The van der Waals surface area contributed by atoms with Gasteiger partial charge in [0.1, 0.15) is 11.4 Å². The number of halogens is 2. The number of fused-ring (bicyclic) bond motifs is 1. The van der Waals surface area contributed by atoms with Crippen molar-refractivity contribution in [2.24, 2.45) is 0 Å². The third-order valence-corrected chi connectivity index (χ3v) is 8.25. The molecule has 0 unspecified atom stereocenters. The van der Waals surface area contributed by atoms with E-state index in [4.69, 9.17) is 10.5 Å². The number of pyridine rings is 1. The van der Waals surface area contributed by atoms with Crippen molar-refractivity contribution in [1.82, 2.24) is 25.1 Å². The predicted molar refractivity (Wildman–Crippen MR) is 156 cm³/mol. The first-order valence-corrected chi connectivity index (χ1v) is 13.8. The second-order valence-electron chi connectivity index (χ2n) is 11.1. The monoisotopic (exact) mass is 597 g/mol. The van der Waals surface area contributed by atoms with E-state index in [1.807, 2.05) is 6.07 Å². The minimum absolute atomic E-state index is 0.0408. The number of carbonyl (C=O) groups is 3. The number of anilines is 2. The van der Waals surface area contributed by atoms with Crippen molar-refractivity contribution in [2.75, 3.05) is 10.6 Å². The topological polar surface area (TPSA) is 148 Å². The lowest BCUT2D eigenvalue weighted by Crippen LogP contribution is -2.52. The molecule has 1 saturated heterocycles. The zero-order chi connectivity index (χ0) is 30.9. The Kier molecular flexibility index (Phi) is 6.02. The summed E-state index contributed by atoms with van der Waals surface area (Å²) in [6.45, 7) is 3.51. The van der Waals surface area contributed by atoms with Gasteiger partial charge < -0.3 is 20.8 Å². The number of imide groups is 1. The fraction of sp³-hybridized carbons (Fsp3) is 0.194. The number of nitrogen functional groups attached to an aromatic ring is 1. The number of nitrogens with one attached hydrogen (secondary N) is 2. The third kappa shape index (κ3) is 4.11. The smallest absolute Gasteiger partial charge is 0.329 e. The highest BCUT2D eigenvalue weighted by Gasteiger charge is 2.55. The van der Waals surface area contributed by atoms with Gasteiger partial charge in [0, 0.05) is 17.0 Å². The van der Waals surface area contributed by atoms with Gasteiger partial charge in [0.25, 0.3) is 5.91 Å². The fourth-order valence-electron chi connectivity index (χ4n) is 5.71. The van der Waals surface area contributed by atoms with Crippen molar-refractivity contribution in [3.8, 4) is 17.3 Å². The van der Waals surface area contributed by atoms with Crippen LogP contribution in [0.1, 0.15) is 46.4 Å². The summed E-state index contributed by atoms with van der Waals surface area (Å²) in [5.41, 5.74) is 8.63. The Morgan fingerprint density at radius 1 is 1.02 bits per heavy atom. The number of nitrogens with zero attached hydrogens (tertiary/aromatic N) is 4. The minimum Gasteiger partial charge on any atom is -0.433 e. The van der Waals surface area contributed by atoms with Gasteiger partial charge in [-0.3, -0.25) is 9.59 Å². The second-order valence-corrected chi connectivity index (χ2v) is 11.1. The summed E-state index contributed by atoms with van der Waals surface area (Å²) in [5, 5.41) is 7.83. The molecule has 2 aliphatic rings. The van der Waals surface area contributed by atoms with Gasteiger partial charge in [-0.25, -0.2) is 28.1 Å². The average molecular weight is 598 g/mol. The first-order chi connectivity index (χ1) is 21.1. The molecule has 7 rings (SSSR count). The van der Waals surface area contributed by atoms with Gasteiger partial charge in [-0.05, 0) is 74.6 Å². The SMILES string of the molecule is Cc1cc2cc(C(=O)c3cnn(-c4cnc(Oc5c(F)cccc5F)cc4C)c3N)[nH]c2cc1N1C(=O)NC2(CCC2)C1=O. The zero-order valence-corrected chi connectivity index (χ0v) is 23.6. The standard InChI is InChI=1S/C31H25F2N7O4/c1-15-9-17-11-22(37-21(17)12-23(15)39-29(42)31(7-4-8-31)38-30(39)43)26(41)18-13-36-40(28(18)34)24-14-35-25(10-16(24)2)44-27-19(32)5-3-6-20(27)33/h3,5-6,9-14,37H,4,7-8,34H2,1-2H3,(H,38,43). The second kappa shape index (κ2) is 9.73.